The molecule has 0 aliphatic carbocycles. The molecule has 0 amide bonds. The molecular formula is C20H21N5O2S. The Hall–Kier alpha value is -2.42. The highest BCUT2D eigenvalue weighted by Crippen LogP contribution is 2.50. The van der Waals surface area contributed by atoms with Gasteiger partial charge < -0.3 is 14.7 Å². The van der Waals surface area contributed by atoms with E-state index in [4.69, 9.17) is 4.74 Å². The smallest absolute Gasteiger partial charge is 0.232 e. The molecule has 28 heavy (non-hydrogen) atoms. The van der Waals surface area contributed by atoms with Crippen LogP contribution in [0.25, 0.3) is 0 Å². The van der Waals surface area contributed by atoms with Gasteiger partial charge in [0.2, 0.25) is 5.95 Å². The fraction of sp³-hybridized carbons (Fsp3) is 0.400. The summed E-state index contributed by atoms with van der Waals surface area (Å²) in [5.74, 6) is 0.630. The predicted octanol–water partition coefficient (Wildman–Crippen LogP) is 2.78. The highest BCUT2D eigenvalue weighted by Gasteiger charge is 2.45. The van der Waals surface area contributed by atoms with Gasteiger partial charge in [-0.25, -0.2) is 19.9 Å². The number of nitrogens with zero attached hydrogens (tertiary/aromatic N) is 5. The first-order valence-corrected chi connectivity index (χ1v) is 10.2. The number of fused-ring (bicyclic) bond motifs is 2. The monoisotopic (exact) mass is 395 g/mol. The SMILES string of the molecule is CC(O)(c1ccc2c(c1)N(c1ncncn1)CC21CCOCC1)c1nccs1. The summed E-state index contributed by atoms with van der Waals surface area (Å²) in [6.07, 6.45) is 6.68. The number of anilines is 2. The molecule has 0 bridgehead atoms. The molecule has 1 saturated heterocycles. The molecule has 2 aliphatic rings. The van der Waals surface area contributed by atoms with Crippen LogP contribution < -0.4 is 4.90 Å². The second kappa shape index (κ2) is 6.58. The average Bonchev–Trinajstić information content (AvgIpc) is 3.37. The summed E-state index contributed by atoms with van der Waals surface area (Å²) in [5, 5.41) is 13.8. The Kier molecular flexibility index (Phi) is 4.15. The maximum Gasteiger partial charge on any atom is 0.232 e. The summed E-state index contributed by atoms with van der Waals surface area (Å²) < 4.78 is 5.63. The fourth-order valence-electron chi connectivity index (χ4n) is 4.31. The van der Waals surface area contributed by atoms with E-state index in [-0.39, 0.29) is 5.41 Å². The van der Waals surface area contributed by atoms with Gasteiger partial charge in [0.05, 0.1) is 0 Å². The second-order valence-electron chi connectivity index (χ2n) is 7.56. The van der Waals surface area contributed by atoms with Crippen LogP contribution in [0.1, 0.15) is 35.9 Å². The standard InChI is InChI=1S/C20H21N5O2S/c1-19(26,17-22-6-9-28-17)14-2-3-15-16(10-14)25(18-23-12-21-13-24-18)11-20(15)4-7-27-8-5-20/h2-3,6,9-10,12-13,26H,4-5,7-8,11H2,1H3. The minimum Gasteiger partial charge on any atom is -0.381 e. The molecule has 1 spiro atoms. The largest absolute Gasteiger partial charge is 0.381 e. The van der Waals surface area contributed by atoms with Crippen LogP contribution in [0, 0.1) is 0 Å². The van der Waals surface area contributed by atoms with Gasteiger partial charge in [-0.2, -0.15) is 0 Å². The number of rotatable bonds is 3. The maximum atomic E-state index is 11.2. The molecule has 0 radical (unpaired) electrons. The van der Waals surface area contributed by atoms with Crippen LogP contribution in [0.4, 0.5) is 11.6 Å². The predicted molar refractivity (Wildman–Crippen MR) is 106 cm³/mol. The fourth-order valence-corrected chi connectivity index (χ4v) is 5.03. The molecule has 1 aromatic carbocycles. The van der Waals surface area contributed by atoms with E-state index in [1.165, 1.54) is 29.6 Å². The van der Waals surface area contributed by atoms with Crippen molar-refractivity contribution in [2.45, 2.75) is 30.8 Å². The molecule has 8 heteroatoms. The Morgan fingerprint density at radius 1 is 1.18 bits per heavy atom. The quantitative estimate of drug-likeness (QED) is 0.730. The lowest BCUT2D eigenvalue weighted by Crippen LogP contribution is -2.37. The van der Waals surface area contributed by atoms with Gasteiger partial charge in [0.25, 0.3) is 0 Å². The van der Waals surface area contributed by atoms with Gasteiger partial charge in [-0.05, 0) is 37.0 Å². The first-order valence-electron chi connectivity index (χ1n) is 9.35. The molecule has 5 rings (SSSR count). The summed E-state index contributed by atoms with van der Waals surface area (Å²) in [6, 6.07) is 6.23. The van der Waals surface area contributed by atoms with E-state index >= 15 is 0 Å². The zero-order valence-electron chi connectivity index (χ0n) is 15.6. The molecule has 4 heterocycles. The molecule has 144 valence electrons. The van der Waals surface area contributed by atoms with Crippen LogP contribution in [0.15, 0.2) is 42.4 Å². The minimum absolute atomic E-state index is 0.0196. The van der Waals surface area contributed by atoms with Crippen molar-refractivity contribution in [2.24, 2.45) is 0 Å². The second-order valence-corrected chi connectivity index (χ2v) is 8.45. The van der Waals surface area contributed by atoms with Gasteiger partial charge in [0, 0.05) is 42.4 Å². The van der Waals surface area contributed by atoms with Gasteiger partial charge in [0.15, 0.2) is 0 Å². The van der Waals surface area contributed by atoms with Crippen molar-refractivity contribution in [3.63, 3.8) is 0 Å². The van der Waals surface area contributed by atoms with E-state index in [0.717, 1.165) is 43.9 Å². The summed E-state index contributed by atoms with van der Waals surface area (Å²) >= 11 is 1.45. The van der Waals surface area contributed by atoms with E-state index in [1.54, 1.807) is 13.1 Å². The van der Waals surface area contributed by atoms with Crippen LogP contribution in [-0.2, 0) is 15.8 Å². The number of hydrogen-bond donors (Lipinski definition) is 1. The van der Waals surface area contributed by atoms with E-state index in [0.29, 0.717) is 11.0 Å². The lowest BCUT2D eigenvalue weighted by molar-refractivity contribution is 0.0557. The molecule has 1 N–H and O–H groups in total. The topological polar surface area (TPSA) is 84.3 Å². The highest BCUT2D eigenvalue weighted by atomic mass is 32.1. The third-order valence-corrected chi connectivity index (χ3v) is 6.89. The van der Waals surface area contributed by atoms with Gasteiger partial charge in [0.1, 0.15) is 23.3 Å². The van der Waals surface area contributed by atoms with Crippen LogP contribution in [0.2, 0.25) is 0 Å². The summed E-state index contributed by atoms with van der Waals surface area (Å²) in [5.41, 5.74) is 1.99. The Morgan fingerprint density at radius 2 is 1.96 bits per heavy atom. The molecule has 0 saturated carbocycles. The van der Waals surface area contributed by atoms with Gasteiger partial charge in [-0.1, -0.05) is 12.1 Å². The van der Waals surface area contributed by atoms with Crippen molar-refractivity contribution in [2.75, 3.05) is 24.7 Å². The molecule has 3 aromatic rings. The van der Waals surface area contributed by atoms with E-state index in [2.05, 4.69) is 37.0 Å². The number of hydrogen-bond acceptors (Lipinski definition) is 8. The van der Waals surface area contributed by atoms with Crippen molar-refractivity contribution in [3.05, 3.63) is 58.6 Å². The van der Waals surface area contributed by atoms with Gasteiger partial charge >= 0.3 is 0 Å². The van der Waals surface area contributed by atoms with E-state index < -0.39 is 5.60 Å². The zero-order chi connectivity index (χ0) is 19.2. The highest BCUT2D eigenvalue weighted by molar-refractivity contribution is 7.09. The molecule has 2 aliphatic heterocycles. The van der Waals surface area contributed by atoms with Crippen molar-refractivity contribution < 1.29 is 9.84 Å². The van der Waals surface area contributed by atoms with Crippen molar-refractivity contribution in [3.8, 4) is 0 Å². The normalized spacial score (nSPS) is 20.1. The molecular weight excluding hydrogens is 374 g/mol. The molecule has 7 nitrogen and oxygen atoms in total. The average molecular weight is 395 g/mol. The van der Waals surface area contributed by atoms with Crippen LogP contribution >= 0.6 is 11.3 Å². The molecule has 1 unspecified atom stereocenters. The number of benzene rings is 1. The Balaban J connectivity index is 1.64. The van der Waals surface area contributed by atoms with Gasteiger partial charge in [-0.15, -0.1) is 11.3 Å². The molecule has 1 fully saturated rings. The van der Waals surface area contributed by atoms with Gasteiger partial charge in [-0.3, -0.25) is 0 Å². The number of aromatic nitrogens is 4. The summed E-state index contributed by atoms with van der Waals surface area (Å²) in [7, 11) is 0. The summed E-state index contributed by atoms with van der Waals surface area (Å²) in [4.78, 5) is 19.2. The number of ether oxygens (including phenoxy) is 1. The summed E-state index contributed by atoms with van der Waals surface area (Å²) in [6.45, 7) is 4.10. The molecule has 2 aromatic heterocycles. The number of thiazole rings is 1. The van der Waals surface area contributed by atoms with Crippen LogP contribution in [0.5, 0.6) is 0 Å². The number of aliphatic hydroxyl groups is 1. The third kappa shape index (κ3) is 2.71. The Morgan fingerprint density at radius 3 is 2.68 bits per heavy atom. The van der Waals surface area contributed by atoms with E-state index in [9.17, 15) is 5.11 Å². The third-order valence-electron chi connectivity index (χ3n) is 5.90. The first-order chi connectivity index (χ1) is 13.6. The Bertz CT molecular complexity index is 972. The Labute approximate surface area is 167 Å². The first kappa shape index (κ1) is 17.7. The van der Waals surface area contributed by atoms with Crippen molar-refractivity contribution >= 4 is 23.0 Å². The lowest BCUT2D eigenvalue weighted by Gasteiger charge is -2.34. The van der Waals surface area contributed by atoms with E-state index in [1.807, 2.05) is 11.4 Å². The van der Waals surface area contributed by atoms with Crippen molar-refractivity contribution in [1.82, 2.24) is 19.9 Å². The van der Waals surface area contributed by atoms with Crippen LogP contribution in [0.3, 0.4) is 0 Å². The van der Waals surface area contributed by atoms with Crippen LogP contribution in [-0.4, -0.2) is 44.8 Å². The zero-order valence-corrected chi connectivity index (χ0v) is 16.4. The molecule has 1 atom stereocenters. The van der Waals surface area contributed by atoms with Crippen molar-refractivity contribution in [1.29, 1.82) is 0 Å². The minimum atomic E-state index is -1.15. The lowest BCUT2D eigenvalue weighted by atomic mass is 9.75. The maximum absolute atomic E-state index is 11.2.